The molecule has 0 aliphatic carbocycles. The van der Waals surface area contributed by atoms with Gasteiger partial charge < -0.3 is 10.6 Å². The number of nitrogens with one attached hydrogen (secondary N) is 3. The van der Waals surface area contributed by atoms with Gasteiger partial charge in [-0.25, -0.2) is 0 Å². The van der Waals surface area contributed by atoms with E-state index in [9.17, 15) is 27.6 Å². The van der Waals surface area contributed by atoms with Gasteiger partial charge in [-0.05, 0) is 19.4 Å². The third-order valence-electron chi connectivity index (χ3n) is 3.68. The van der Waals surface area contributed by atoms with E-state index < -0.39 is 41.9 Å². The first-order valence-corrected chi connectivity index (χ1v) is 6.18. The van der Waals surface area contributed by atoms with Crippen LogP contribution in [0.4, 0.5) is 13.2 Å². The Morgan fingerprint density at radius 1 is 1.35 bits per heavy atom. The normalized spacial score (nSPS) is 31.1. The highest BCUT2D eigenvalue weighted by Crippen LogP contribution is 2.43. The molecule has 2 aliphatic heterocycles. The van der Waals surface area contributed by atoms with Crippen LogP contribution >= 0.6 is 0 Å². The average molecular weight is 293 g/mol. The van der Waals surface area contributed by atoms with Crippen molar-refractivity contribution in [3.63, 3.8) is 0 Å². The summed E-state index contributed by atoms with van der Waals surface area (Å²) in [7, 11) is 0. The van der Waals surface area contributed by atoms with Crippen molar-refractivity contribution in [2.24, 2.45) is 5.41 Å². The van der Waals surface area contributed by atoms with Gasteiger partial charge in [0.25, 0.3) is 0 Å². The molecule has 9 heteroatoms. The van der Waals surface area contributed by atoms with Crippen molar-refractivity contribution in [1.29, 1.82) is 0 Å². The highest BCUT2D eigenvalue weighted by atomic mass is 19.4. The molecule has 0 saturated carbocycles. The van der Waals surface area contributed by atoms with Crippen LogP contribution in [0.25, 0.3) is 0 Å². The zero-order valence-corrected chi connectivity index (χ0v) is 10.5. The molecule has 2 atom stereocenters. The Bertz CT molecular complexity index is 444. The summed E-state index contributed by atoms with van der Waals surface area (Å²) in [4.78, 5) is 34.4. The van der Waals surface area contributed by atoms with Gasteiger partial charge in [0.15, 0.2) is 5.41 Å². The number of hydrogen-bond acceptors (Lipinski definition) is 4. The molecule has 0 bridgehead atoms. The fourth-order valence-corrected chi connectivity index (χ4v) is 2.38. The van der Waals surface area contributed by atoms with E-state index in [0.717, 1.165) is 0 Å². The molecular formula is C11H14F3N3O3. The molecule has 2 aliphatic rings. The smallest absolute Gasteiger partial charge is 0.343 e. The predicted octanol–water partition coefficient (Wildman–Crippen LogP) is -0.550. The second-order valence-electron chi connectivity index (χ2n) is 4.98. The molecule has 0 radical (unpaired) electrons. The minimum atomic E-state index is -4.69. The topological polar surface area (TPSA) is 87.3 Å². The number of amides is 3. The third-order valence-corrected chi connectivity index (χ3v) is 3.68. The first-order chi connectivity index (χ1) is 9.26. The van der Waals surface area contributed by atoms with Gasteiger partial charge in [-0.2, -0.15) is 13.2 Å². The molecular weight excluding hydrogens is 279 g/mol. The molecule has 20 heavy (non-hydrogen) atoms. The second kappa shape index (κ2) is 5.04. The van der Waals surface area contributed by atoms with Crippen LogP contribution < -0.4 is 16.0 Å². The lowest BCUT2D eigenvalue weighted by molar-refractivity contribution is -0.216. The number of piperidine rings is 1. The Morgan fingerprint density at radius 2 is 2.05 bits per heavy atom. The van der Waals surface area contributed by atoms with E-state index in [2.05, 4.69) is 10.6 Å². The molecule has 0 spiro atoms. The van der Waals surface area contributed by atoms with Crippen LogP contribution in [-0.4, -0.2) is 43.0 Å². The number of carbonyl (C=O) groups excluding carboxylic acids is 3. The molecule has 6 nitrogen and oxygen atoms in total. The highest BCUT2D eigenvalue weighted by Gasteiger charge is 2.61. The molecule has 2 heterocycles. The van der Waals surface area contributed by atoms with Gasteiger partial charge in [-0.1, -0.05) is 0 Å². The molecule has 0 aromatic rings. The minimum absolute atomic E-state index is 0.00600. The van der Waals surface area contributed by atoms with Gasteiger partial charge in [-0.3, -0.25) is 19.7 Å². The number of halogens is 3. The summed E-state index contributed by atoms with van der Waals surface area (Å²) >= 11 is 0. The van der Waals surface area contributed by atoms with Crippen molar-refractivity contribution in [3.8, 4) is 0 Å². The summed E-state index contributed by atoms with van der Waals surface area (Å²) < 4.78 is 39.4. The monoisotopic (exact) mass is 293 g/mol. The molecule has 2 saturated heterocycles. The molecule has 3 amide bonds. The number of alkyl halides is 3. The molecule has 112 valence electrons. The molecule has 2 rings (SSSR count). The molecule has 3 N–H and O–H groups in total. The first-order valence-electron chi connectivity index (χ1n) is 6.18. The fraction of sp³-hybridized carbons (Fsp3) is 0.727. The van der Waals surface area contributed by atoms with Crippen LogP contribution in [0.5, 0.6) is 0 Å². The maximum Gasteiger partial charge on any atom is 0.404 e. The van der Waals surface area contributed by atoms with E-state index in [-0.39, 0.29) is 25.8 Å². The Labute approximate surface area is 112 Å². The van der Waals surface area contributed by atoms with Crippen molar-refractivity contribution < 1.29 is 27.6 Å². The van der Waals surface area contributed by atoms with Crippen LogP contribution in [0, 0.1) is 5.41 Å². The molecule has 0 aromatic carbocycles. The lowest BCUT2D eigenvalue weighted by Gasteiger charge is -2.32. The van der Waals surface area contributed by atoms with Crippen molar-refractivity contribution in [3.05, 3.63) is 0 Å². The molecule has 2 fully saturated rings. The maximum atomic E-state index is 13.1. The van der Waals surface area contributed by atoms with E-state index in [4.69, 9.17) is 0 Å². The average Bonchev–Trinajstić information content (AvgIpc) is 2.82. The van der Waals surface area contributed by atoms with E-state index in [1.165, 1.54) is 0 Å². The largest absolute Gasteiger partial charge is 0.404 e. The summed E-state index contributed by atoms with van der Waals surface area (Å²) in [6, 6.07) is -1.10. The number of hydrogen-bond donors (Lipinski definition) is 3. The fourth-order valence-electron chi connectivity index (χ4n) is 2.38. The Kier molecular flexibility index (Phi) is 3.72. The summed E-state index contributed by atoms with van der Waals surface area (Å²) in [6.45, 7) is -0.419. The van der Waals surface area contributed by atoms with E-state index >= 15 is 0 Å². The van der Waals surface area contributed by atoms with Crippen LogP contribution in [0.3, 0.4) is 0 Å². The Balaban J connectivity index is 2.10. The minimum Gasteiger partial charge on any atom is -0.343 e. The SMILES string of the molecule is O=C1CCC(NC(=O)C2(C(F)(F)F)CCNC2)C(=O)N1. The zero-order chi connectivity index (χ0) is 15.0. The molecule has 0 aromatic heterocycles. The number of carbonyl (C=O) groups is 3. The zero-order valence-electron chi connectivity index (χ0n) is 10.5. The van der Waals surface area contributed by atoms with Gasteiger partial charge in [-0.15, -0.1) is 0 Å². The van der Waals surface area contributed by atoms with Crippen LogP contribution in [0.15, 0.2) is 0 Å². The summed E-state index contributed by atoms with van der Waals surface area (Å²) in [5.41, 5.74) is -2.51. The van der Waals surface area contributed by atoms with Crippen molar-refractivity contribution >= 4 is 17.7 Å². The lowest BCUT2D eigenvalue weighted by Crippen LogP contribution is -2.59. The van der Waals surface area contributed by atoms with E-state index in [1.807, 2.05) is 5.32 Å². The molecule has 2 unspecified atom stereocenters. The standard InChI is InChI=1S/C11H14F3N3O3/c12-11(13,14)10(3-4-15-5-10)9(20)16-6-1-2-7(18)17-8(6)19/h6,15H,1-5H2,(H,16,20)(H,17,18,19). The van der Waals surface area contributed by atoms with Crippen molar-refractivity contribution in [2.75, 3.05) is 13.1 Å². The van der Waals surface area contributed by atoms with Crippen LogP contribution in [0.2, 0.25) is 0 Å². The van der Waals surface area contributed by atoms with Crippen LogP contribution in [-0.2, 0) is 14.4 Å². The van der Waals surface area contributed by atoms with Crippen LogP contribution in [0.1, 0.15) is 19.3 Å². The van der Waals surface area contributed by atoms with Gasteiger partial charge >= 0.3 is 6.18 Å². The predicted molar refractivity (Wildman–Crippen MR) is 60.3 cm³/mol. The van der Waals surface area contributed by atoms with Gasteiger partial charge in [0, 0.05) is 13.0 Å². The van der Waals surface area contributed by atoms with E-state index in [1.54, 1.807) is 0 Å². The first kappa shape index (κ1) is 14.8. The van der Waals surface area contributed by atoms with E-state index in [0.29, 0.717) is 0 Å². The lowest BCUT2D eigenvalue weighted by atomic mass is 9.84. The number of rotatable bonds is 2. The van der Waals surface area contributed by atoms with Crippen molar-refractivity contribution in [2.45, 2.75) is 31.5 Å². The third kappa shape index (κ3) is 2.49. The maximum absolute atomic E-state index is 13.1. The Morgan fingerprint density at radius 3 is 2.55 bits per heavy atom. The summed E-state index contributed by atoms with van der Waals surface area (Å²) in [5, 5.41) is 6.62. The second-order valence-corrected chi connectivity index (χ2v) is 4.98. The summed E-state index contributed by atoms with van der Waals surface area (Å²) in [5.74, 6) is -2.48. The number of imide groups is 1. The Hall–Kier alpha value is -1.64. The van der Waals surface area contributed by atoms with Crippen molar-refractivity contribution in [1.82, 2.24) is 16.0 Å². The van der Waals surface area contributed by atoms with Gasteiger partial charge in [0.2, 0.25) is 17.7 Å². The quantitative estimate of drug-likeness (QED) is 0.596. The van der Waals surface area contributed by atoms with Gasteiger partial charge in [0.05, 0.1) is 0 Å². The highest BCUT2D eigenvalue weighted by molar-refractivity contribution is 6.02. The summed E-state index contributed by atoms with van der Waals surface area (Å²) in [6.07, 6.45) is -5.05. The van der Waals surface area contributed by atoms with Gasteiger partial charge in [0.1, 0.15) is 6.04 Å².